The number of aromatic nitrogens is 2. The minimum Gasteiger partial charge on any atom is -0.478 e. The summed E-state index contributed by atoms with van der Waals surface area (Å²) in [6.45, 7) is 12.4. The lowest BCUT2D eigenvalue weighted by Crippen LogP contribution is -2.29. The number of likely N-dealkylation sites (tertiary alicyclic amines) is 1. The monoisotopic (exact) mass is 278 g/mol. The fourth-order valence-corrected chi connectivity index (χ4v) is 2.57. The van der Waals surface area contributed by atoms with Crippen molar-refractivity contribution in [1.29, 1.82) is 0 Å². The van der Waals surface area contributed by atoms with Crippen molar-refractivity contribution in [2.24, 2.45) is 5.92 Å². The third-order valence-electron chi connectivity index (χ3n) is 3.72. The summed E-state index contributed by atoms with van der Waals surface area (Å²) >= 11 is 0. The molecule has 0 amide bonds. The van der Waals surface area contributed by atoms with E-state index in [9.17, 15) is 0 Å². The van der Waals surface area contributed by atoms with Gasteiger partial charge in [-0.15, -0.1) is 0 Å². The molecule has 1 saturated heterocycles. The zero-order valence-corrected chi connectivity index (χ0v) is 13.0. The number of hydrogen-bond acceptors (Lipinski definition) is 5. The molecule has 0 spiro atoms. The van der Waals surface area contributed by atoms with Gasteiger partial charge in [0.15, 0.2) is 0 Å². The predicted molar refractivity (Wildman–Crippen MR) is 81.2 cm³/mol. The van der Waals surface area contributed by atoms with Crippen LogP contribution in [-0.4, -0.2) is 47.2 Å². The van der Waals surface area contributed by atoms with Crippen molar-refractivity contribution in [2.75, 3.05) is 31.6 Å². The summed E-state index contributed by atoms with van der Waals surface area (Å²) < 4.78 is 5.45. The van der Waals surface area contributed by atoms with Crippen molar-refractivity contribution in [3.05, 3.63) is 11.8 Å². The maximum absolute atomic E-state index is 5.45. The molecule has 0 aromatic carbocycles. The average Bonchev–Trinajstić information content (AvgIpc) is 2.85. The molecule has 1 aliphatic heterocycles. The third-order valence-corrected chi connectivity index (χ3v) is 3.72. The number of nitrogens with zero attached hydrogens (tertiary/aromatic N) is 3. The van der Waals surface area contributed by atoms with Crippen LogP contribution in [0.4, 0.5) is 5.95 Å². The molecule has 5 heteroatoms. The highest BCUT2D eigenvalue weighted by Gasteiger charge is 2.24. The molecule has 20 heavy (non-hydrogen) atoms. The molecule has 0 aliphatic carbocycles. The Kier molecular flexibility index (Phi) is 5.17. The standard InChI is InChI=1S/C15H26N4O/c1-5-20-14-8-12(4)17-15(18-14)16-9-13-6-7-19(10-13)11(2)3/h8,11,13H,5-7,9-10H2,1-4H3,(H,16,17,18). The highest BCUT2D eigenvalue weighted by Crippen LogP contribution is 2.19. The lowest BCUT2D eigenvalue weighted by atomic mass is 10.1. The van der Waals surface area contributed by atoms with Gasteiger partial charge in [0.1, 0.15) is 0 Å². The van der Waals surface area contributed by atoms with E-state index in [2.05, 4.69) is 34.0 Å². The topological polar surface area (TPSA) is 50.3 Å². The van der Waals surface area contributed by atoms with Crippen LogP contribution in [0.15, 0.2) is 6.07 Å². The molecule has 1 aromatic heterocycles. The smallest absolute Gasteiger partial charge is 0.226 e. The predicted octanol–water partition coefficient (Wildman–Crippen LogP) is 2.33. The van der Waals surface area contributed by atoms with Crippen LogP contribution in [0.25, 0.3) is 0 Å². The fourth-order valence-electron chi connectivity index (χ4n) is 2.57. The van der Waals surface area contributed by atoms with Gasteiger partial charge >= 0.3 is 0 Å². The Hall–Kier alpha value is -1.36. The van der Waals surface area contributed by atoms with Gasteiger partial charge in [0.25, 0.3) is 0 Å². The average molecular weight is 278 g/mol. The normalized spacial score (nSPS) is 19.6. The van der Waals surface area contributed by atoms with E-state index in [0.29, 0.717) is 30.4 Å². The summed E-state index contributed by atoms with van der Waals surface area (Å²) in [7, 11) is 0. The van der Waals surface area contributed by atoms with Gasteiger partial charge in [-0.3, -0.25) is 0 Å². The second kappa shape index (κ2) is 6.88. The highest BCUT2D eigenvalue weighted by molar-refractivity contribution is 5.30. The Bertz CT molecular complexity index is 436. The molecule has 5 nitrogen and oxygen atoms in total. The van der Waals surface area contributed by atoms with Gasteiger partial charge in [0.05, 0.1) is 6.61 Å². The van der Waals surface area contributed by atoms with Gasteiger partial charge < -0.3 is 15.0 Å². The summed E-state index contributed by atoms with van der Waals surface area (Å²) in [5, 5.41) is 3.36. The largest absolute Gasteiger partial charge is 0.478 e. The number of nitrogens with one attached hydrogen (secondary N) is 1. The lowest BCUT2D eigenvalue weighted by molar-refractivity contribution is 0.266. The van der Waals surface area contributed by atoms with E-state index < -0.39 is 0 Å². The van der Waals surface area contributed by atoms with Crippen LogP contribution in [0.3, 0.4) is 0 Å². The SMILES string of the molecule is CCOc1cc(C)nc(NCC2CCN(C(C)C)C2)n1. The van der Waals surface area contributed by atoms with E-state index in [-0.39, 0.29) is 0 Å². The minimum atomic E-state index is 0.627. The molecular weight excluding hydrogens is 252 g/mol. The van der Waals surface area contributed by atoms with E-state index in [4.69, 9.17) is 4.74 Å². The van der Waals surface area contributed by atoms with Crippen molar-refractivity contribution in [3.63, 3.8) is 0 Å². The number of aryl methyl sites for hydroxylation is 1. The van der Waals surface area contributed by atoms with Crippen LogP contribution >= 0.6 is 0 Å². The molecule has 1 N–H and O–H groups in total. The second-order valence-electron chi connectivity index (χ2n) is 5.73. The van der Waals surface area contributed by atoms with Crippen molar-refractivity contribution in [2.45, 2.75) is 40.2 Å². The Morgan fingerprint density at radius 3 is 2.90 bits per heavy atom. The first-order valence-electron chi connectivity index (χ1n) is 7.55. The van der Waals surface area contributed by atoms with Crippen molar-refractivity contribution >= 4 is 5.95 Å². The van der Waals surface area contributed by atoms with Crippen molar-refractivity contribution in [3.8, 4) is 5.88 Å². The van der Waals surface area contributed by atoms with E-state index in [0.717, 1.165) is 18.8 Å². The van der Waals surface area contributed by atoms with Crippen LogP contribution < -0.4 is 10.1 Å². The number of hydrogen-bond donors (Lipinski definition) is 1. The van der Waals surface area contributed by atoms with Gasteiger partial charge in [0, 0.05) is 30.9 Å². The van der Waals surface area contributed by atoms with Crippen LogP contribution in [0.5, 0.6) is 5.88 Å². The first-order valence-corrected chi connectivity index (χ1v) is 7.55. The molecule has 1 unspecified atom stereocenters. The molecule has 1 aliphatic rings. The summed E-state index contributed by atoms with van der Waals surface area (Å²) in [6, 6.07) is 2.50. The molecule has 1 fully saturated rings. The van der Waals surface area contributed by atoms with E-state index >= 15 is 0 Å². The summed E-state index contributed by atoms with van der Waals surface area (Å²) in [5.74, 6) is 2.01. The molecule has 112 valence electrons. The Balaban J connectivity index is 1.88. The zero-order valence-electron chi connectivity index (χ0n) is 13.0. The van der Waals surface area contributed by atoms with Crippen molar-refractivity contribution < 1.29 is 4.74 Å². The fraction of sp³-hybridized carbons (Fsp3) is 0.733. The summed E-state index contributed by atoms with van der Waals surface area (Å²) in [5.41, 5.74) is 0.932. The van der Waals surface area contributed by atoms with E-state index in [1.165, 1.54) is 13.0 Å². The molecule has 2 rings (SSSR count). The number of anilines is 1. The van der Waals surface area contributed by atoms with Crippen LogP contribution in [0, 0.1) is 12.8 Å². The molecule has 2 heterocycles. The molecule has 0 radical (unpaired) electrons. The minimum absolute atomic E-state index is 0.627. The molecule has 1 aromatic rings. The molecular formula is C15H26N4O. The molecule has 0 bridgehead atoms. The third kappa shape index (κ3) is 4.07. The van der Waals surface area contributed by atoms with Crippen molar-refractivity contribution in [1.82, 2.24) is 14.9 Å². The highest BCUT2D eigenvalue weighted by atomic mass is 16.5. The second-order valence-corrected chi connectivity index (χ2v) is 5.73. The lowest BCUT2D eigenvalue weighted by Gasteiger charge is -2.20. The van der Waals surface area contributed by atoms with Crippen LogP contribution in [-0.2, 0) is 0 Å². The van der Waals surface area contributed by atoms with Gasteiger partial charge in [0.2, 0.25) is 11.8 Å². The van der Waals surface area contributed by atoms with Gasteiger partial charge in [-0.2, -0.15) is 4.98 Å². The number of ether oxygens (including phenoxy) is 1. The first-order chi connectivity index (χ1) is 9.58. The molecule has 1 atom stereocenters. The van der Waals surface area contributed by atoms with Crippen LogP contribution in [0.1, 0.15) is 32.9 Å². The Morgan fingerprint density at radius 1 is 1.45 bits per heavy atom. The maximum atomic E-state index is 5.45. The van der Waals surface area contributed by atoms with E-state index in [1.54, 1.807) is 0 Å². The van der Waals surface area contributed by atoms with Gasteiger partial charge in [-0.05, 0) is 46.6 Å². The van der Waals surface area contributed by atoms with Crippen LogP contribution in [0.2, 0.25) is 0 Å². The quantitative estimate of drug-likeness (QED) is 0.865. The Morgan fingerprint density at radius 2 is 2.25 bits per heavy atom. The molecule has 0 saturated carbocycles. The Labute approximate surface area is 121 Å². The maximum Gasteiger partial charge on any atom is 0.226 e. The van der Waals surface area contributed by atoms with Gasteiger partial charge in [-0.25, -0.2) is 4.98 Å². The van der Waals surface area contributed by atoms with E-state index in [1.807, 2.05) is 19.9 Å². The summed E-state index contributed by atoms with van der Waals surface area (Å²) in [6.07, 6.45) is 1.25. The first kappa shape index (κ1) is 15.0. The zero-order chi connectivity index (χ0) is 14.5. The summed E-state index contributed by atoms with van der Waals surface area (Å²) in [4.78, 5) is 11.3. The van der Waals surface area contributed by atoms with Gasteiger partial charge in [-0.1, -0.05) is 0 Å². The number of rotatable bonds is 6.